The van der Waals surface area contributed by atoms with E-state index >= 15 is 0 Å². The Balaban J connectivity index is 1.57. The molecule has 1 aliphatic heterocycles. The van der Waals surface area contributed by atoms with Crippen LogP contribution in [-0.2, 0) is 6.54 Å². The number of anilines is 3. The molecule has 0 unspecified atom stereocenters. The van der Waals surface area contributed by atoms with E-state index in [-0.39, 0.29) is 0 Å². The van der Waals surface area contributed by atoms with Crippen LogP contribution in [0.4, 0.5) is 21.8 Å². The van der Waals surface area contributed by atoms with Crippen LogP contribution in [0.15, 0.2) is 30.6 Å². The van der Waals surface area contributed by atoms with Crippen LogP contribution >= 0.6 is 0 Å². The molecule has 0 radical (unpaired) electrons. The van der Waals surface area contributed by atoms with E-state index in [1.54, 1.807) is 18.1 Å². The third-order valence-corrected chi connectivity index (χ3v) is 4.61. The first-order valence-electron chi connectivity index (χ1n) is 9.30. The normalized spacial score (nSPS) is 14.5. The van der Waals surface area contributed by atoms with Gasteiger partial charge in [-0.25, -0.2) is 19.0 Å². The standard InChI is InChI=1S/C19H23FN8O/c1-12-6-17(21-2)25-19(23-12)24-14-4-5-16(29-3)15(7-14)28-11-22-18(26-28)10-27-8-13(20)9-27/h4-7,11,13H,8-10H2,1-3H3,(H2,21,23,24,25). The SMILES string of the molecule is CNc1cc(C)nc(Nc2ccc(OC)c(-n3cnc(CN4CC(F)C4)n3)c2)n1. The van der Waals surface area contributed by atoms with Gasteiger partial charge in [-0.15, -0.1) is 5.10 Å². The highest BCUT2D eigenvalue weighted by atomic mass is 19.1. The molecule has 1 aliphatic rings. The van der Waals surface area contributed by atoms with Gasteiger partial charge in [0.1, 0.15) is 29.8 Å². The van der Waals surface area contributed by atoms with Crippen molar-refractivity contribution in [3.63, 3.8) is 0 Å². The number of aryl methyl sites for hydroxylation is 1. The molecule has 3 heterocycles. The van der Waals surface area contributed by atoms with Crippen molar-refractivity contribution in [2.24, 2.45) is 0 Å². The van der Waals surface area contributed by atoms with Crippen molar-refractivity contribution >= 4 is 17.5 Å². The molecule has 3 aromatic rings. The predicted octanol–water partition coefficient (Wildman–Crippen LogP) is 2.31. The van der Waals surface area contributed by atoms with E-state index in [1.807, 2.05) is 43.1 Å². The van der Waals surface area contributed by atoms with Gasteiger partial charge in [-0.3, -0.25) is 4.90 Å². The highest BCUT2D eigenvalue weighted by molar-refractivity contribution is 5.62. The number of aromatic nitrogens is 5. The van der Waals surface area contributed by atoms with Gasteiger partial charge in [-0.1, -0.05) is 0 Å². The smallest absolute Gasteiger partial charge is 0.229 e. The lowest BCUT2D eigenvalue weighted by Crippen LogP contribution is -2.47. The lowest BCUT2D eigenvalue weighted by atomic mass is 10.2. The molecule has 2 aromatic heterocycles. The molecule has 9 nitrogen and oxygen atoms in total. The number of nitrogens with one attached hydrogen (secondary N) is 2. The monoisotopic (exact) mass is 398 g/mol. The van der Waals surface area contributed by atoms with Crippen LogP contribution in [0.5, 0.6) is 5.75 Å². The Labute approximate surface area is 167 Å². The maximum atomic E-state index is 13.0. The summed E-state index contributed by atoms with van der Waals surface area (Å²) in [6.45, 7) is 3.30. The fourth-order valence-electron chi connectivity index (χ4n) is 3.15. The molecule has 29 heavy (non-hydrogen) atoms. The summed E-state index contributed by atoms with van der Waals surface area (Å²) in [6.07, 6.45) is 0.888. The number of hydrogen-bond donors (Lipinski definition) is 2. The number of benzene rings is 1. The number of likely N-dealkylation sites (tertiary alicyclic amines) is 1. The Kier molecular flexibility index (Phi) is 5.26. The van der Waals surface area contributed by atoms with Gasteiger partial charge in [0, 0.05) is 37.6 Å². The molecule has 4 rings (SSSR count). The van der Waals surface area contributed by atoms with Crippen molar-refractivity contribution in [1.82, 2.24) is 29.6 Å². The van der Waals surface area contributed by atoms with E-state index in [1.165, 1.54) is 0 Å². The van der Waals surface area contributed by atoms with Gasteiger partial charge in [-0.05, 0) is 25.1 Å². The van der Waals surface area contributed by atoms with Crippen LogP contribution < -0.4 is 15.4 Å². The Morgan fingerprint density at radius 1 is 1.24 bits per heavy atom. The van der Waals surface area contributed by atoms with Gasteiger partial charge in [0.2, 0.25) is 5.95 Å². The molecule has 0 spiro atoms. The van der Waals surface area contributed by atoms with E-state index in [9.17, 15) is 4.39 Å². The third kappa shape index (κ3) is 4.27. The highest BCUT2D eigenvalue weighted by Crippen LogP contribution is 2.27. The molecule has 2 N–H and O–H groups in total. The molecule has 0 saturated carbocycles. The van der Waals surface area contributed by atoms with Crippen LogP contribution in [0.1, 0.15) is 11.5 Å². The number of halogens is 1. The quantitative estimate of drug-likeness (QED) is 0.626. The zero-order valence-corrected chi connectivity index (χ0v) is 16.6. The summed E-state index contributed by atoms with van der Waals surface area (Å²) < 4.78 is 20.1. The van der Waals surface area contributed by atoms with Gasteiger partial charge in [0.25, 0.3) is 0 Å². The first kappa shape index (κ1) is 19.1. The van der Waals surface area contributed by atoms with Gasteiger partial charge in [0.05, 0.1) is 13.7 Å². The Hall–Kier alpha value is -3.27. The first-order chi connectivity index (χ1) is 14.0. The van der Waals surface area contributed by atoms with Crippen LogP contribution in [0.2, 0.25) is 0 Å². The molecule has 0 amide bonds. The summed E-state index contributed by atoms with van der Waals surface area (Å²) in [5.41, 5.74) is 2.36. The second-order valence-corrected chi connectivity index (χ2v) is 6.88. The minimum Gasteiger partial charge on any atom is -0.494 e. The molecular weight excluding hydrogens is 375 g/mol. The van der Waals surface area contributed by atoms with Crippen LogP contribution in [0, 0.1) is 6.92 Å². The fraction of sp³-hybridized carbons (Fsp3) is 0.368. The predicted molar refractivity (Wildman–Crippen MR) is 108 cm³/mol. The van der Waals surface area contributed by atoms with Crippen molar-refractivity contribution in [1.29, 1.82) is 0 Å². The van der Waals surface area contributed by atoms with Gasteiger partial charge >= 0.3 is 0 Å². The number of nitrogens with zero attached hydrogens (tertiary/aromatic N) is 6. The number of rotatable bonds is 7. The zero-order chi connectivity index (χ0) is 20.4. The Bertz CT molecular complexity index is 1000. The Morgan fingerprint density at radius 3 is 2.79 bits per heavy atom. The number of methoxy groups -OCH3 is 1. The number of hydrogen-bond acceptors (Lipinski definition) is 8. The molecule has 1 saturated heterocycles. The number of alkyl halides is 1. The van der Waals surface area contributed by atoms with Gasteiger partial charge in [0.15, 0.2) is 5.82 Å². The highest BCUT2D eigenvalue weighted by Gasteiger charge is 2.27. The summed E-state index contributed by atoms with van der Waals surface area (Å²) in [6, 6.07) is 7.48. The third-order valence-electron chi connectivity index (χ3n) is 4.61. The van der Waals surface area contributed by atoms with Gasteiger partial charge < -0.3 is 15.4 Å². The second-order valence-electron chi connectivity index (χ2n) is 6.88. The molecule has 152 valence electrons. The van der Waals surface area contributed by atoms with E-state index in [0.29, 0.717) is 37.2 Å². The number of ether oxygens (including phenoxy) is 1. The molecule has 1 aromatic carbocycles. The van der Waals surface area contributed by atoms with Crippen LogP contribution in [0.3, 0.4) is 0 Å². The molecule has 0 atom stereocenters. The van der Waals surface area contributed by atoms with Gasteiger partial charge in [-0.2, -0.15) is 4.98 Å². The van der Waals surface area contributed by atoms with E-state index < -0.39 is 6.17 Å². The van der Waals surface area contributed by atoms with Crippen molar-refractivity contribution in [3.05, 3.63) is 42.1 Å². The van der Waals surface area contributed by atoms with Crippen LogP contribution in [-0.4, -0.2) is 63.1 Å². The van der Waals surface area contributed by atoms with E-state index in [4.69, 9.17) is 4.74 Å². The summed E-state index contributed by atoms with van der Waals surface area (Å²) in [5.74, 6) is 2.51. The second kappa shape index (κ2) is 8.00. The van der Waals surface area contributed by atoms with Crippen molar-refractivity contribution in [2.45, 2.75) is 19.6 Å². The first-order valence-corrected chi connectivity index (χ1v) is 9.30. The minimum absolute atomic E-state index is 0.433. The summed E-state index contributed by atoms with van der Waals surface area (Å²) in [4.78, 5) is 15.1. The maximum Gasteiger partial charge on any atom is 0.229 e. The minimum atomic E-state index is -0.743. The summed E-state index contributed by atoms with van der Waals surface area (Å²) >= 11 is 0. The molecule has 0 aliphatic carbocycles. The zero-order valence-electron chi connectivity index (χ0n) is 16.6. The van der Waals surface area contributed by atoms with E-state index in [0.717, 1.165) is 22.9 Å². The lowest BCUT2D eigenvalue weighted by molar-refractivity contribution is 0.0569. The lowest BCUT2D eigenvalue weighted by Gasteiger charge is -2.33. The average Bonchev–Trinajstić information content (AvgIpc) is 3.14. The van der Waals surface area contributed by atoms with Crippen molar-refractivity contribution in [2.75, 3.05) is 37.9 Å². The Morgan fingerprint density at radius 2 is 2.07 bits per heavy atom. The summed E-state index contributed by atoms with van der Waals surface area (Å²) in [5, 5.41) is 10.8. The van der Waals surface area contributed by atoms with Crippen molar-refractivity contribution < 1.29 is 9.13 Å². The fourth-order valence-corrected chi connectivity index (χ4v) is 3.15. The largest absolute Gasteiger partial charge is 0.494 e. The maximum absolute atomic E-state index is 13.0. The molecule has 10 heteroatoms. The van der Waals surface area contributed by atoms with Crippen molar-refractivity contribution in [3.8, 4) is 11.4 Å². The van der Waals surface area contributed by atoms with E-state index in [2.05, 4.69) is 30.7 Å². The van der Waals surface area contributed by atoms with Crippen LogP contribution in [0.25, 0.3) is 5.69 Å². The topological polar surface area (TPSA) is 93.0 Å². The average molecular weight is 398 g/mol. The summed E-state index contributed by atoms with van der Waals surface area (Å²) in [7, 11) is 3.42. The molecule has 0 bridgehead atoms. The molecule has 1 fully saturated rings. The molecular formula is C19H23FN8O.